The van der Waals surface area contributed by atoms with Gasteiger partial charge < -0.3 is 15.1 Å². The fourth-order valence-corrected chi connectivity index (χ4v) is 2.87. The van der Waals surface area contributed by atoms with Crippen LogP contribution in [0.3, 0.4) is 0 Å². The highest BCUT2D eigenvalue weighted by atomic mass is 19.1. The normalized spacial score (nSPS) is 21.9. The molecule has 0 radical (unpaired) electrons. The Morgan fingerprint density at radius 2 is 2.24 bits per heavy atom. The molecule has 0 spiro atoms. The van der Waals surface area contributed by atoms with Gasteiger partial charge in [0.2, 0.25) is 0 Å². The molecule has 5 nitrogen and oxygen atoms in total. The Balaban J connectivity index is 2.23. The van der Waals surface area contributed by atoms with E-state index in [-0.39, 0.29) is 5.91 Å². The Kier molecular flexibility index (Phi) is 4.77. The summed E-state index contributed by atoms with van der Waals surface area (Å²) in [5.41, 5.74) is 0.309. The van der Waals surface area contributed by atoms with E-state index >= 15 is 0 Å². The molecule has 1 N–H and O–H groups in total. The first-order chi connectivity index (χ1) is 9.93. The fraction of sp³-hybridized carbons (Fsp3) is 0.600. The lowest BCUT2D eigenvalue weighted by atomic mass is 10.1. The lowest BCUT2D eigenvalue weighted by molar-refractivity contribution is 0.0781. The Hall–Kier alpha value is -1.69. The maximum atomic E-state index is 13.4. The smallest absolute Gasteiger partial charge is 0.257 e. The quantitative estimate of drug-likeness (QED) is 0.918. The number of hydrogen-bond acceptors (Lipinski definition) is 4. The second-order valence-electron chi connectivity index (χ2n) is 5.80. The molecule has 1 aromatic heterocycles. The molecule has 2 unspecified atom stereocenters. The molecule has 1 amide bonds. The number of carbonyl (C=O) groups excluding carboxylic acids is 1. The molecule has 2 atom stereocenters. The number of nitrogens with zero attached hydrogens (tertiary/aromatic N) is 3. The number of rotatable bonds is 4. The highest BCUT2D eigenvalue weighted by Gasteiger charge is 2.34. The zero-order chi connectivity index (χ0) is 15.6. The van der Waals surface area contributed by atoms with E-state index in [2.05, 4.69) is 22.1 Å². The van der Waals surface area contributed by atoms with Crippen LogP contribution in [0.2, 0.25) is 0 Å². The minimum Gasteiger partial charge on any atom is -0.370 e. The summed E-state index contributed by atoms with van der Waals surface area (Å²) < 4.78 is 13.4. The molecular weight excluding hydrogens is 271 g/mol. The van der Waals surface area contributed by atoms with Gasteiger partial charge >= 0.3 is 0 Å². The van der Waals surface area contributed by atoms with Crippen molar-refractivity contribution in [2.75, 3.05) is 39.0 Å². The molecule has 2 heterocycles. The zero-order valence-electron chi connectivity index (χ0n) is 13.1. The van der Waals surface area contributed by atoms with E-state index < -0.39 is 5.82 Å². The first-order valence-electron chi connectivity index (χ1n) is 7.29. The average Bonchev–Trinajstić information content (AvgIpc) is 2.82. The van der Waals surface area contributed by atoms with Gasteiger partial charge in [0.15, 0.2) is 0 Å². The maximum Gasteiger partial charge on any atom is 0.257 e. The van der Waals surface area contributed by atoms with E-state index in [0.717, 1.165) is 6.20 Å². The predicted octanol–water partition coefficient (Wildman–Crippen LogP) is 1.67. The van der Waals surface area contributed by atoms with Crippen molar-refractivity contribution < 1.29 is 9.18 Å². The minimum absolute atomic E-state index is 0.158. The number of pyridine rings is 1. The Morgan fingerprint density at radius 3 is 2.81 bits per heavy atom. The van der Waals surface area contributed by atoms with Crippen LogP contribution in [0, 0.1) is 11.7 Å². The van der Waals surface area contributed by atoms with Crippen LogP contribution in [0.15, 0.2) is 12.3 Å². The predicted molar refractivity (Wildman–Crippen MR) is 80.9 cm³/mol. The summed E-state index contributed by atoms with van der Waals surface area (Å²) in [7, 11) is 4.03. The summed E-state index contributed by atoms with van der Waals surface area (Å²) in [6.07, 6.45) is 1.13. The lowest BCUT2D eigenvalue weighted by Crippen LogP contribution is -2.36. The number of amides is 1. The number of carbonyl (C=O) groups is 1. The highest BCUT2D eigenvalue weighted by molar-refractivity contribution is 5.99. The average molecular weight is 294 g/mol. The van der Waals surface area contributed by atoms with Crippen molar-refractivity contribution in [3.8, 4) is 0 Å². The van der Waals surface area contributed by atoms with Gasteiger partial charge in [-0.3, -0.25) is 4.79 Å². The van der Waals surface area contributed by atoms with Crippen LogP contribution in [-0.2, 0) is 0 Å². The summed E-state index contributed by atoms with van der Waals surface area (Å²) in [4.78, 5) is 20.6. The Bertz CT molecular complexity index is 520. The van der Waals surface area contributed by atoms with Crippen LogP contribution in [0.1, 0.15) is 24.2 Å². The molecule has 21 heavy (non-hydrogen) atoms. The van der Waals surface area contributed by atoms with Gasteiger partial charge in [0, 0.05) is 25.7 Å². The van der Waals surface area contributed by atoms with Gasteiger partial charge in [0.05, 0.1) is 11.8 Å². The first kappa shape index (κ1) is 15.7. The third kappa shape index (κ3) is 3.32. The molecule has 1 fully saturated rings. The molecule has 1 saturated heterocycles. The molecule has 1 aliphatic heterocycles. The number of hydrogen-bond donors (Lipinski definition) is 1. The molecule has 116 valence electrons. The highest BCUT2D eigenvalue weighted by Crippen LogP contribution is 2.24. The van der Waals surface area contributed by atoms with Gasteiger partial charge in [-0.1, -0.05) is 6.92 Å². The summed E-state index contributed by atoms with van der Waals surface area (Å²) in [5, 5.41) is 3.02. The number of aromatic nitrogens is 1. The zero-order valence-corrected chi connectivity index (χ0v) is 13.1. The van der Waals surface area contributed by atoms with Crippen LogP contribution in [0.4, 0.5) is 10.2 Å². The molecule has 0 aliphatic carbocycles. The van der Waals surface area contributed by atoms with Crippen molar-refractivity contribution >= 4 is 11.7 Å². The third-order valence-electron chi connectivity index (χ3n) is 3.95. The molecule has 0 aromatic carbocycles. The van der Waals surface area contributed by atoms with Crippen molar-refractivity contribution in [2.24, 2.45) is 5.92 Å². The van der Waals surface area contributed by atoms with E-state index in [9.17, 15) is 9.18 Å². The molecular formula is C15H23FN4O. The van der Waals surface area contributed by atoms with Crippen molar-refractivity contribution in [1.29, 1.82) is 0 Å². The Morgan fingerprint density at radius 1 is 1.52 bits per heavy atom. The summed E-state index contributed by atoms with van der Waals surface area (Å²) >= 11 is 0. The SMILES string of the molecule is CCNc1ncc(F)cc1C(=O)N1CC(C)C(N(C)C)C1. The van der Waals surface area contributed by atoms with Gasteiger partial charge in [-0.25, -0.2) is 9.37 Å². The summed E-state index contributed by atoms with van der Waals surface area (Å²) in [6, 6.07) is 1.60. The number of halogens is 1. The number of anilines is 1. The van der Waals surface area contributed by atoms with Gasteiger partial charge in [0.1, 0.15) is 11.6 Å². The largest absolute Gasteiger partial charge is 0.370 e. The van der Waals surface area contributed by atoms with E-state index in [1.165, 1.54) is 6.07 Å². The second kappa shape index (κ2) is 6.39. The number of likely N-dealkylation sites (tertiary alicyclic amines) is 1. The van der Waals surface area contributed by atoms with Gasteiger partial charge in [-0.05, 0) is 33.0 Å². The van der Waals surface area contributed by atoms with Gasteiger partial charge in [-0.15, -0.1) is 0 Å². The fourth-order valence-electron chi connectivity index (χ4n) is 2.87. The molecule has 0 saturated carbocycles. The van der Waals surface area contributed by atoms with Crippen LogP contribution >= 0.6 is 0 Å². The first-order valence-corrected chi connectivity index (χ1v) is 7.29. The number of nitrogens with one attached hydrogen (secondary N) is 1. The lowest BCUT2D eigenvalue weighted by Gasteiger charge is -2.22. The van der Waals surface area contributed by atoms with E-state index in [1.54, 1.807) is 4.90 Å². The molecule has 1 aliphatic rings. The van der Waals surface area contributed by atoms with Crippen LogP contribution in [-0.4, -0.2) is 60.5 Å². The van der Waals surface area contributed by atoms with E-state index in [1.807, 2.05) is 21.0 Å². The van der Waals surface area contributed by atoms with Gasteiger partial charge in [0.25, 0.3) is 5.91 Å². The standard InChI is InChI=1S/C15H23FN4O/c1-5-17-14-12(6-11(16)7-18-14)15(21)20-8-10(2)13(9-20)19(3)4/h6-7,10,13H,5,8-9H2,1-4H3,(H,17,18). The second-order valence-corrected chi connectivity index (χ2v) is 5.80. The monoisotopic (exact) mass is 294 g/mol. The molecule has 2 rings (SSSR count). The van der Waals surface area contributed by atoms with Crippen LogP contribution < -0.4 is 5.32 Å². The third-order valence-corrected chi connectivity index (χ3v) is 3.95. The number of likely N-dealkylation sites (N-methyl/N-ethyl adjacent to an activating group) is 1. The van der Waals surface area contributed by atoms with E-state index in [4.69, 9.17) is 0 Å². The van der Waals surface area contributed by atoms with Crippen molar-refractivity contribution in [1.82, 2.24) is 14.8 Å². The van der Waals surface area contributed by atoms with Crippen LogP contribution in [0.25, 0.3) is 0 Å². The van der Waals surface area contributed by atoms with Crippen LogP contribution in [0.5, 0.6) is 0 Å². The minimum atomic E-state index is -0.489. The molecule has 6 heteroatoms. The van der Waals surface area contributed by atoms with Crippen molar-refractivity contribution in [3.05, 3.63) is 23.6 Å². The molecule has 1 aromatic rings. The van der Waals surface area contributed by atoms with Crippen molar-refractivity contribution in [2.45, 2.75) is 19.9 Å². The summed E-state index contributed by atoms with van der Waals surface area (Å²) in [5.74, 6) is 0.198. The van der Waals surface area contributed by atoms with E-state index in [0.29, 0.717) is 43.0 Å². The maximum absolute atomic E-state index is 13.4. The topological polar surface area (TPSA) is 48.5 Å². The summed E-state index contributed by atoms with van der Waals surface area (Å²) in [6.45, 7) is 6.03. The van der Waals surface area contributed by atoms with Gasteiger partial charge in [-0.2, -0.15) is 0 Å². The Labute approximate surface area is 125 Å². The molecule has 0 bridgehead atoms. The van der Waals surface area contributed by atoms with Crippen molar-refractivity contribution in [3.63, 3.8) is 0 Å².